The van der Waals surface area contributed by atoms with E-state index >= 15 is 0 Å². The number of hydrogen-bond donors (Lipinski definition) is 1. The maximum Gasteiger partial charge on any atom is 0.257 e. The van der Waals surface area contributed by atoms with E-state index in [0.717, 1.165) is 11.4 Å². The summed E-state index contributed by atoms with van der Waals surface area (Å²) in [6.07, 6.45) is 4.67. The molecule has 0 spiro atoms. The zero-order valence-electron chi connectivity index (χ0n) is 19.7. The number of anilines is 2. The lowest BCUT2D eigenvalue weighted by Gasteiger charge is -2.42. The number of likely N-dealkylation sites (tertiary alicyclic amines) is 1. The number of carbonyl (C=O) groups is 2. The average molecular weight is 460 g/mol. The molecule has 1 aliphatic rings. The summed E-state index contributed by atoms with van der Waals surface area (Å²) in [5.74, 6) is 0.986. The maximum atomic E-state index is 13.7. The summed E-state index contributed by atoms with van der Waals surface area (Å²) in [7, 11) is 5.10. The Bertz CT molecular complexity index is 1150. The summed E-state index contributed by atoms with van der Waals surface area (Å²) < 4.78 is 5.21. The first-order chi connectivity index (χ1) is 16.4. The molecular weight excluding hydrogens is 430 g/mol. The topological polar surface area (TPSA) is 87.7 Å². The largest absolute Gasteiger partial charge is 0.497 e. The molecule has 1 N–H and O–H groups in total. The molecule has 2 aromatic heterocycles. The molecule has 8 nitrogen and oxygen atoms in total. The molecule has 2 amide bonds. The molecule has 34 heavy (non-hydrogen) atoms. The number of pyridine rings is 2. The SMILES string of the molecule is COc1ccc(Nc2ncccc2C(=O)N2CCC[C@@](C(=O)N(C)C)(c3ccccn3)C2)cc1. The minimum atomic E-state index is -0.884. The van der Waals surface area contributed by atoms with Gasteiger partial charge in [0.1, 0.15) is 17.0 Å². The summed E-state index contributed by atoms with van der Waals surface area (Å²) >= 11 is 0. The van der Waals surface area contributed by atoms with Gasteiger partial charge >= 0.3 is 0 Å². The van der Waals surface area contributed by atoms with Gasteiger partial charge in [-0.2, -0.15) is 0 Å². The number of nitrogens with zero attached hydrogens (tertiary/aromatic N) is 4. The molecule has 3 aromatic rings. The second-order valence-electron chi connectivity index (χ2n) is 8.58. The second-order valence-corrected chi connectivity index (χ2v) is 8.58. The molecule has 0 saturated carbocycles. The predicted octanol–water partition coefficient (Wildman–Crippen LogP) is 3.49. The average Bonchev–Trinajstić information content (AvgIpc) is 2.89. The van der Waals surface area contributed by atoms with Crippen LogP contribution in [-0.2, 0) is 10.2 Å². The Morgan fingerprint density at radius 3 is 2.47 bits per heavy atom. The Kier molecular flexibility index (Phi) is 6.77. The van der Waals surface area contributed by atoms with Crippen LogP contribution < -0.4 is 10.1 Å². The quantitative estimate of drug-likeness (QED) is 0.607. The van der Waals surface area contributed by atoms with Crippen molar-refractivity contribution in [2.45, 2.75) is 18.3 Å². The van der Waals surface area contributed by atoms with Gasteiger partial charge in [-0.15, -0.1) is 0 Å². The maximum absolute atomic E-state index is 13.7. The fraction of sp³-hybridized carbons (Fsp3) is 0.308. The number of ether oxygens (including phenoxy) is 1. The molecule has 1 aromatic carbocycles. The van der Waals surface area contributed by atoms with Crippen molar-refractivity contribution in [3.63, 3.8) is 0 Å². The first kappa shape index (κ1) is 23.2. The first-order valence-electron chi connectivity index (χ1n) is 11.2. The van der Waals surface area contributed by atoms with Crippen molar-refractivity contribution in [2.24, 2.45) is 0 Å². The zero-order chi connectivity index (χ0) is 24.1. The van der Waals surface area contributed by atoms with Crippen LogP contribution in [0.3, 0.4) is 0 Å². The molecule has 8 heteroatoms. The summed E-state index contributed by atoms with van der Waals surface area (Å²) in [5, 5.41) is 3.24. The normalized spacial score (nSPS) is 17.7. The van der Waals surface area contributed by atoms with Crippen LogP contribution in [0.2, 0.25) is 0 Å². The molecular formula is C26H29N5O3. The third-order valence-electron chi connectivity index (χ3n) is 6.14. The molecule has 3 heterocycles. The van der Waals surface area contributed by atoms with Gasteiger partial charge < -0.3 is 19.9 Å². The summed E-state index contributed by atoms with van der Waals surface area (Å²) in [5.41, 5.74) is 1.05. The molecule has 0 unspecified atom stereocenters. The van der Waals surface area contributed by atoms with Crippen LogP contribution in [-0.4, -0.2) is 65.9 Å². The van der Waals surface area contributed by atoms with Crippen LogP contribution in [0.1, 0.15) is 28.9 Å². The zero-order valence-corrected chi connectivity index (χ0v) is 19.7. The van der Waals surface area contributed by atoms with Crippen molar-refractivity contribution < 1.29 is 14.3 Å². The summed E-state index contributed by atoms with van der Waals surface area (Å²) in [4.78, 5) is 39.4. The molecule has 1 atom stereocenters. The van der Waals surface area contributed by atoms with Crippen LogP contribution >= 0.6 is 0 Å². The minimum absolute atomic E-state index is 0.0496. The number of rotatable bonds is 6. The molecule has 1 saturated heterocycles. The van der Waals surface area contributed by atoms with Gasteiger partial charge in [0.15, 0.2) is 0 Å². The van der Waals surface area contributed by atoms with Crippen LogP contribution in [0.15, 0.2) is 67.0 Å². The molecule has 1 fully saturated rings. The number of methoxy groups -OCH3 is 1. The smallest absolute Gasteiger partial charge is 0.257 e. The highest BCUT2D eigenvalue weighted by atomic mass is 16.5. The molecule has 0 radical (unpaired) electrons. The highest BCUT2D eigenvalue weighted by Crippen LogP contribution is 2.35. The van der Waals surface area contributed by atoms with Gasteiger partial charge in [-0.1, -0.05) is 6.07 Å². The van der Waals surface area contributed by atoms with E-state index < -0.39 is 5.41 Å². The molecule has 0 bridgehead atoms. The number of amides is 2. The lowest BCUT2D eigenvalue weighted by Crippen LogP contribution is -2.56. The van der Waals surface area contributed by atoms with Crippen molar-refractivity contribution in [3.8, 4) is 5.75 Å². The standard InChI is InChI=1S/C26H29N5O3/c1-30(2)25(33)26(22-9-4-5-15-27-22)14-7-17-31(18-26)24(32)21-8-6-16-28-23(21)29-19-10-12-20(34-3)13-11-19/h4-6,8-13,15-16H,7,14,17-18H2,1-3H3,(H,28,29)/t26-/m0/s1. The number of nitrogens with one attached hydrogen (secondary N) is 1. The fourth-order valence-electron chi connectivity index (χ4n) is 4.45. The summed E-state index contributed by atoms with van der Waals surface area (Å²) in [6.45, 7) is 0.821. The lowest BCUT2D eigenvalue weighted by molar-refractivity contribution is -0.136. The minimum Gasteiger partial charge on any atom is -0.497 e. The van der Waals surface area contributed by atoms with Gasteiger partial charge in [-0.05, 0) is 61.4 Å². The molecule has 4 rings (SSSR count). The Morgan fingerprint density at radius 1 is 1.03 bits per heavy atom. The van der Waals surface area contributed by atoms with Gasteiger partial charge in [-0.25, -0.2) is 4.98 Å². The Balaban J connectivity index is 1.63. The van der Waals surface area contributed by atoms with E-state index in [2.05, 4.69) is 15.3 Å². The molecule has 1 aliphatic heterocycles. The fourth-order valence-corrected chi connectivity index (χ4v) is 4.45. The van der Waals surface area contributed by atoms with Gasteiger partial charge in [0.05, 0.1) is 18.4 Å². The number of likely N-dealkylation sites (N-methyl/N-ethyl adjacent to an activating group) is 1. The Hall–Kier alpha value is -3.94. The first-order valence-corrected chi connectivity index (χ1v) is 11.2. The Labute approximate surface area is 199 Å². The number of hydrogen-bond acceptors (Lipinski definition) is 6. The van der Waals surface area contributed by atoms with E-state index in [1.165, 1.54) is 0 Å². The van der Waals surface area contributed by atoms with E-state index in [9.17, 15) is 9.59 Å². The van der Waals surface area contributed by atoms with Crippen molar-refractivity contribution in [1.29, 1.82) is 0 Å². The van der Waals surface area contributed by atoms with E-state index in [0.29, 0.717) is 36.5 Å². The Morgan fingerprint density at radius 2 is 1.79 bits per heavy atom. The summed E-state index contributed by atoms with van der Waals surface area (Å²) in [6, 6.07) is 16.5. The number of aromatic nitrogens is 2. The number of benzene rings is 1. The number of piperidine rings is 1. The van der Waals surface area contributed by atoms with Crippen LogP contribution in [0, 0.1) is 0 Å². The highest BCUT2D eigenvalue weighted by molar-refractivity contribution is 6.00. The second kappa shape index (κ2) is 9.91. The van der Waals surface area contributed by atoms with Crippen molar-refractivity contribution in [3.05, 3.63) is 78.2 Å². The third-order valence-corrected chi connectivity index (χ3v) is 6.14. The van der Waals surface area contributed by atoms with Crippen LogP contribution in [0.5, 0.6) is 5.75 Å². The lowest BCUT2D eigenvalue weighted by atomic mass is 9.75. The van der Waals surface area contributed by atoms with Gasteiger partial charge in [0.25, 0.3) is 5.91 Å². The van der Waals surface area contributed by atoms with E-state index in [1.807, 2.05) is 42.5 Å². The van der Waals surface area contributed by atoms with Gasteiger partial charge in [0, 0.05) is 45.3 Å². The highest BCUT2D eigenvalue weighted by Gasteiger charge is 2.47. The van der Waals surface area contributed by atoms with Gasteiger partial charge in [0.2, 0.25) is 5.91 Å². The third kappa shape index (κ3) is 4.57. The van der Waals surface area contributed by atoms with Crippen molar-refractivity contribution in [2.75, 3.05) is 39.6 Å². The predicted molar refractivity (Wildman–Crippen MR) is 130 cm³/mol. The van der Waals surface area contributed by atoms with Crippen LogP contribution in [0.25, 0.3) is 0 Å². The monoisotopic (exact) mass is 459 g/mol. The van der Waals surface area contributed by atoms with E-state index in [-0.39, 0.29) is 18.4 Å². The van der Waals surface area contributed by atoms with E-state index in [4.69, 9.17) is 4.74 Å². The van der Waals surface area contributed by atoms with Crippen molar-refractivity contribution in [1.82, 2.24) is 19.8 Å². The van der Waals surface area contributed by atoms with Gasteiger partial charge in [-0.3, -0.25) is 14.6 Å². The number of carbonyl (C=O) groups excluding carboxylic acids is 2. The van der Waals surface area contributed by atoms with Crippen LogP contribution in [0.4, 0.5) is 11.5 Å². The van der Waals surface area contributed by atoms with E-state index in [1.54, 1.807) is 55.5 Å². The molecule has 0 aliphatic carbocycles. The van der Waals surface area contributed by atoms with Crippen molar-refractivity contribution >= 4 is 23.3 Å². The molecule has 176 valence electrons.